The number of fused-ring (bicyclic) bond motifs is 5. The SMILES string of the molecule is CC(C)(O)CCC[C@](C)(O[C@@H]1O[C@H](CO)[C@@H](O)[C@H](O)[C@H]1O)[C@H]1CC[C@]2(C)[C@@H]1[C@H](OS(=O)O)C[C@@H]1[C@@]3(C)CC[C@H](O)C(C)(C)[C@@H]3[C@@H](O[C@@H]3O[C@H](CO)[C@@H](O)[C@H](O)[C@H]3O)C[C@]12C. The van der Waals surface area contributed by atoms with Gasteiger partial charge in [0.2, 0.25) is 0 Å². The van der Waals surface area contributed by atoms with Gasteiger partial charge in [-0.3, -0.25) is 8.74 Å². The van der Waals surface area contributed by atoms with Gasteiger partial charge in [-0.05, 0) is 124 Å². The van der Waals surface area contributed by atoms with Crippen molar-refractivity contribution in [1.82, 2.24) is 0 Å². The summed E-state index contributed by atoms with van der Waals surface area (Å²) in [6.45, 7) is 14.5. The van der Waals surface area contributed by atoms with Gasteiger partial charge in [0.25, 0.3) is 0 Å². The van der Waals surface area contributed by atoms with Crippen LogP contribution in [0.2, 0.25) is 0 Å². The smallest absolute Gasteiger partial charge is 0.302 e. The quantitative estimate of drug-likeness (QED) is 0.0886. The van der Waals surface area contributed by atoms with E-state index in [0.29, 0.717) is 57.8 Å². The Hall–Kier alpha value is -0.490. The molecule has 6 rings (SSSR count). The molecule has 60 heavy (non-hydrogen) atoms. The molecule has 0 aromatic rings. The van der Waals surface area contributed by atoms with Crippen LogP contribution in [0.25, 0.3) is 0 Å². The molecule has 18 heteroatoms. The fourth-order valence-electron chi connectivity index (χ4n) is 13.9. The summed E-state index contributed by atoms with van der Waals surface area (Å²) in [6, 6.07) is 0. The summed E-state index contributed by atoms with van der Waals surface area (Å²) in [5.74, 6) is -1.42. The molecule has 6 aliphatic rings. The molecule has 0 amide bonds. The second-order valence-electron chi connectivity index (χ2n) is 21.4. The minimum Gasteiger partial charge on any atom is -0.394 e. The molecule has 0 spiro atoms. The first-order chi connectivity index (χ1) is 27.7. The van der Waals surface area contributed by atoms with Gasteiger partial charge in [0, 0.05) is 0 Å². The molecule has 0 bridgehead atoms. The van der Waals surface area contributed by atoms with Crippen molar-refractivity contribution in [3.05, 3.63) is 0 Å². The molecule has 4 saturated carbocycles. The van der Waals surface area contributed by atoms with E-state index < -0.39 is 149 Å². The Morgan fingerprint density at radius 1 is 0.733 bits per heavy atom. The van der Waals surface area contributed by atoms with E-state index in [1.807, 2.05) is 20.8 Å². The number of hydrogen-bond acceptors (Lipinski definition) is 16. The maximum absolute atomic E-state index is 12.8. The van der Waals surface area contributed by atoms with Crippen molar-refractivity contribution in [3.63, 3.8) is 0 Å². The van der Waals surface area contributed by atoms with Crippen molar-refractivity contribution < 1.29 is 83.0 Å². The third-order valence-electron chi connectivity index (χ3n) is 17.0. The van der Waals surface area contributed by atoms with Crippen LogP contribution in [-0.4, -0.2) is 164 Å². The zero-order valence-electron chi connectivity index (χ0n) is 36.4. The summed E-state index contributed by atoms with van der Waals surface area (Å²) >= 11 is -2.67. The van der Waals surface area contributed by atoms with E-state index >= 15 is 0 Å². The molecule has 17 nitrogen and oxygen atoms in total. The van der Waals surface area contributed by atoms with Gasteiger partial charge in [0.05, 0.1) is 42.7 Å². The van der Waals surface area contributed by atoms with Gasteiger partial charge >= 0.3 is 11.4 Å². The first-order valence-corrected chi connectivity index (χ1v) is 22.9. The molecular weight excluding hydrogens is 809 g/mol. The lowest BCUT2D eigenvalue weighted by molar-refractivity contribution is -0.349. The first kappa shape index (κ1) is 49.0. The van der Waals surface area contributed by atoms with Crippen molar-refractivity contribution in [3.8, 4) is 0 Å². The summed E-state index contributed by atoms with van der Waals surface area (Å²) in [6.07, 6.45) is -13.3. The predicted molar refractivity (Wildman–Crippen MR) is 213 cm³/mol. The van der Waals surface area contributed by atoms with Gasteiger partial charge in [-0.15, -0.1) is 0 Å². The molecule has 2 saturated heterocycles. The Morgan fingerprint density at radius 2 is 1.30 bits per heavy atom. The second kappa shape index (κ2) is 17.4. The Morgan fingerprint density at radius 3 is 1.85 bits per heavy atom. The van der Waals surface area contributed by atoms with Crippen molar-refractivity contribution in [1.29, 1.82) is 0 Å². The van der Waals surface area contributed by atoms with Crippen LogP contribution in [0.5, 0.6) is 0 Å². The Kier molecular flexibility index (Phi) is 14.2. The second-order valence-corrected chi connectivity index (χ2v) is 22.0. The highest BCUT2D eigenvalue weighted by atomic mass is 32.2. The van der Waals surface area contributed by atoms with Crippen LogP contribution in [-0.2, 0) is 34.5 Å². The van der Waals surface area contributed by atoms with E-state index in [0.717, 1.165) is 0 Å². The zero-order valence-corrected chi connectivity index (χ0v) is 37.2. The van der Waals surface area contributed by atoms with Gasteiger partial charge in [0.1, 0.15) is 48.8 Å². The fraction of sp³-hybridized carbons (Fsp3) is 1.00. The third kappa shape index (κ3) is 8.33. The largest absolute Gasteiger partial charge is 0.394 e. The molecular formula is C42H74O17S. The van der Waals surface area contributed by atoms with Crippen LogP contribution in [0, 0.1) is 45.3 Å². The molecule has 350 valence electrons. The Balaban J connectivity index is 1.44. The van der Waals surface area contributed by atoms with Crippen LogP contribution in [0.15, 0.2) is 0 Å². The Bertz CT molecular complexity index is 1510. The summed E-state index contributed by atoms with van der Waals surface area (Å²) in [7, 11) is 0. The molecule has 0 aromatic heterocycles. The van der Waals surface area contributed by atoms with Crippen LogP contribution in [0.3, 0.4) is 0 Å². The van der Waals surface area contributed by atoms with E-state index in [1.54, 1.807) is 13.8 Å². The molecule has 0 radical (unpaired) electrons. The van der Waals surface area contributed by atoms with Crippen molar-refractivity contribution in [2.24, 2.45) is 45.3 Å². The maximum Gasteiger partial charge on any atom is 0.302 e. The van der Waals surface area contributed by atoms with E-state index in [9.17, 15) is 59.8 Å². The Labute approximate surface area is 356 Å². The highest BCUT2D eigenvalue weighted by Crippen LogP contribution is 2.76. The van der Waals surface area contributed by atoms with Crippen molar-refractivity contribution >= 4 is 11.4 Å². The topological polar surface area (TPSA) is 286 Å². The molecule has 2 aliphatic heterocycles. The standard InChI is InChI=1S/C42H74O17S/c1-37(2,52)12-9-13-42(8,58-36-33(51)31(49)29(47)24(19-44)57-36)20-10-15-40(6)27(20)21(59-60(53)54)16-25-39(5)14-11-26(45)38(3,4)34(39)22(17-41(25,40)7)55-35-32(50)30(48)28(46)23(18-43)56-35/h20-36,43-52H,9-19H2,1-8H3,(H,53,54)/t20-,21+,22-,23+,24+,25+,26-,27-,28+,29+,30-,31-,32+,33+,34-,35+,36-,39+,40+,41+,42-/m0/s1. The van der Waals surface area contributed by atoms with Gasteiger partial charge < -0.3 is 70.0 Å². The van der Waals surface area contributed by atoms with Gasteiger partial charge in [0.15, 0.2) is 12.6 Å². The maximum atomic E-state index is 12.8. The van der Waals surface area contributed by atoms with Crippen LogP contribution >= 0.6 is 0 Å². The number of ether oxygens (including phenoxy) is 4. The number of aliphatic hydroxyl groups is 10. The van der Waals surface area contributed by atoms with Gasteiger partial charge in [-0.25, -0.2) is 0 Å². The van der Waals surface area contributed by atoms with Crippen LogP contribution in [0.4, 0.5) is 0 Å². The lowest BCUT2D eigenvalue weighted by Crippen LogP contribution is -2.71. The summed E-state index contributed by atoms with van der Waals surface area (Å²) in [5.41, 5.74) is -4.83. The highest BCUT2D eigenvalue weighted by Gasteiger charge is 2.74. The van der Waals surface area contributed by atoms with E-state index in [-0.39, 0.29) is 11.8 Å². The van der Waals surface area contributed by atoms with E-state index in [1.165, 1.54) is 0 Å². The van der Waals surface area contributed by atoms with Gasteiger partial charge in [-0.1, -0.05) is 34.6 Å². The predicted octanol–water partition coefficient (Wildman–Crippen LogP) is 0.476. The zero-order chi connectivity index (χ0) is 44.7. The number of aliphatic hydroxyl groups excluding tert-OH is 9. The average Bonchev–Trinajstić information content (AvgIpc) is 3.54. The average molecular weight is 883 g/mol. The summed E-state index contributed by atoms with van der Waals surface area (Å²) < 4.78 is 54.7. The van der Waals surface area contributed by atoms with E-state index in [4.69, 9.17) is 23.1 Å². The summed E-state index contributed by atoms with van der Waals surface area (Å²) in [4.78, 5) is 0. The first-order valence-electron chi connectivity index (χ1n) is 21.8. The molecule has 4 aliphatic carbocycles. The third-order valence-corrected chi connectivity index (χ3v) is 17.5. The normalized spacial score (nSPS) is 50.9. The monoisotopic (exact) mass is 882 g/mol. The van der Waals surface area contributed by atoms with Crippen LogP contribution in [0.1, 0.15) is 113 Å². The lowest BCUT2D eigenvalue weighted by Gasteiger charge is -2.72. The molecule has 2 heterocycles. The highest BCUT2D eigenvalue weighted by molar-refractivity contribution is 7.74. The molecule has 1 unspecified atom stereocenters. The van der Waals surface area contributed by atoms with Crippen molar-refractivity contribution in [2.75, 3.05) is 13.2 Å². The number of rotatable bonds is 13. The molecule has 11 N–H and O–H groups in total. The molecule has 22 atom stereocenters. The minimum absolute atomic E-state index is 0.155. The van der Waals surface area contributed by atoms with Crippen molar-refractivity contribution in [2.45, 2.75) is 204 Å². The van der Waals surface area contributed by atoms with E-state index in [2.05, 4.69) is 20.8 Å². The molecule has 6 fully saturated rings. The van der Waals surface area contributed by atoms with Gasteiger partial charge in [-0.2, -0.15) is 4.21 Å². The lowest BCUT2D eigenvalue weighted by atomic mass is 9.34. The minimum atomic E-state index is -2.67. The van der Waals surface area contributed by atoms with Crippen LogP contribution < -0.4 is 0 Å². The fourth-order valence-corrected chi connectivity index (χ4v) is 14.3. The number of hydrogen-bond donors (Lipinski definition) is 11. The summed E-state index contributed by atoms with van der Waals surface area (Å²) in [5, 5.41) is 107. The molecule has 0 aromatic carbocycles.